The molecule has 0 aliphatic heterocycles. The van der Waals surface area contributed by atoms with Crippen LogP contribution in [0.25, 0.3) is 11.3 Å². The SMILES string of the molecule is COCCNC(=O)c1ccc(-c2ccccc2OC(F)(F)F)o1. The van der Waals surface area contributed by atoms with E-state index in [1.807, 2.05) is 0 Å². The number of methoxy groups -OCH3 is 1. The Kier molecular flexibility index (Phi) is 5.28. The summed E-state index contributed by atoms with van der Waals surface area (Å²) in [5.74, 6) is -0.803. The molecule has 0 atom stereocenters. The molecular formula is C15H14F3NO4. The van der Waals surface area contributed by atoms with Crippen LogP contribution < -0.4 is 10.1 Å². The van der Waals surface area contributed by atoms with E-state index in [9.17, 15) is 18.0 Å². The Hall–Kier alpha value is -2.48. The molecule has 0 radical (unpaired) electrons. The fraction of sp³-hybridized carbons (Fsp3) is 0.267. The predicted molar refractivity (Wildman–Crippen MR) is 75.0 cm³/mol. The molecule has 0 saturated carbocycles. The smallest absolute Gasteiger partial charge is 0.451 e. The second-order valence-electron chi connectivity index (χ2n) is 4.46. The van der Waals surface area contributed by atoms with Crippen LogP contribution in [0.4, 0.5) is 13.2 Å². The molecule has 1 aromatic heterocycles. The first kappa shape index (κ1) is 16.9. The molecule has 124 valence electrons. The van der Waals surface area contributed by atoms with Gasteiger partial charge in [0.15, 0.2) is 5.76 Å². The van der Waals surface area contributed by atoms with E-state index in [1.54, 1.807) is 6.07 Å². The lowest BCUT2D eigenvalue weighted by Gasteiger charge is -2.11. The third kappa shape index (κ3) is 4.75. The van der Waals surface area contributed by atoms with E-state index in [0.29, 0.717) is 13.2 Å². The molecule has 1 heterocycles. The van der Waals surface area contributed by atoms with Crippen LogP contribution in [0.15, 0.2) is 40.8 Å². The highest BCUT2D eigenvalue weighted by atomic mass is 19.4. The highest BCUT2D eigenvalue weighted by molar-refractivity contribution is 5.92. The zero-order chi connectivity index (χ0) is 16.9. The van der Waals surface area contributed by atoms with Crippen molar-refractivity contribution in [1.29, 1.82) is 0 Å². The summed E-state index contributed by atoms with van der Waals surface area (Å²) in [6, 6.07) is 8.31. The summed E-state index contributed by atoms with van der Waals surface area (Å²) in [6.45, 7) is 0.626. The van der Waals surface area contributed by atoms with E-state index in [-0.39, 0.29) is 17.1 Å². The first-order valence-corrected chi connectivity index (χ1v) is 6.63. The lowest BCUT2D eigenvalue weighted by molar-refractivity contribution is -0.274. The number of furan rings is 1. The molecule has 23 heavy (non-hydrogen) atoms. The van der Waals surface area contributed by atoms with Crippen molar-refractivity contribution in [2.75, 3.05) is 20.3 Å². The van der Waals surface area contributed by atoms with Crippen molar-refractivity contribution in [2.45, 2.75) is 6.36 Å². The summed E-state index contributed by atoms with van der Waals surface area (Å²) >= 11 is 0. The third-order valence-electron chi connectivity index (χ3n) is 2.80. The number of para-hydroxylation sites is 1. The Morgan fingerprint density at radius 2 is 1.96 bits per heavy atom. The van der Waals surface area contributed by atoms with E-state index in [4.69, 9.17) is 9.15 Å². The number of rotatable bonds is 6. The fourth-order valence-electron chi connectivity index (χ4n) is 1.84. The molecule has 0 aliphatic carbocycles. The van der Waals surface area contributed by atoms with E-state index >= 15 is 0 Å². The molecule has 1 aromatic carbocycles. The largest absolute Gasteiger partial charge is 0.573 e. The second kappa shape index (κ2) is 7.19. The summed E-state index contributed by atoms with van der Waals surface area (Å²) in [7, 11) is 1.49. The summed E-state index contributed by atoms with van der Waals surface area (Å²) < 4.78 is 51.3. The molecule has 1 amide bonds. The Morgan fingerprint density at radius 3 is 2.65 bits per heavy atom. The van der Waals surface area contributed by atoms with Crippen LogP contribution in [0, 0.1) is 0 Å². The van der Waals surface area contributed by atoms with E-state index in [0.717, 1.165) is 0 Å². The molecule has 0 bridgehead atoms. The molecule has 0 fully saturated rings. The number of ether oxygens (including phenoxy) is 2. The van der Waals surface area contributed by atoms with Crippen molar-refractivity contribution in [3.05, 3.63) is 42.2 Å². The Bertz CT molecular complexity index is 667. The molecular weight excluding hydrogens is 315 g/mol. The Balaban J connectivity index is 2.19. The zero-order valence-corrected chi connectivity index (χ0v) is 12.1. The Morgan fingerprint density at radius 1 is 1.22 bits per heavy atom. The van der Waals surface area contributed by atoms with Gasteiger partial charge in [-0.3, -0.25) is 4.79 Å². The van der Waals surface area contributed by atoms with Crippen LogP contribution in [0.1, 0.15) is 10.6 Å². The van der Waals surface area contributed by atoms with Gasteiger partial charge in [0.05, 0.1) is 12.2 Å². The number of halogens is 3. The maximum Gasteiger partial charge on any atom is 0.573 e. The molecule has 0 unspecified atom stereocenters. The van der Waals surface area contributed by atoms with Gasteiger partial charge in [-0.05, 0) is 24.3 Å². The van der Waals surface area contributed by atoms with Crippen molar-refractivity contribution < 1.29 is 31.9 Å². The molecule has 2 rings (SSSR count). The summed E-state index contributed by atoms with van der Waals surface area (Å²) in [5.41, 5.74) is 0.0979. The molecule has 2 aromatic rings. The summed E-state index contributed by atoms with van der Waals surface area (Å²) in [6.07, 6.45) is -4.82. The summed E-state index contributed by atoms with van der Waals surface area (Å²) in [5, 5.41) is 2.55. The van der Waals surface area contributed by atoms with Gasteiger partial charge in [-0.2, -0.15) is 0 Å². The van der Waals surface area contributed by atoms with Crippen molar-refractivity contribution >= 4 is 5.91 Å². The van der Waals surface area contributed by atoms with Crippen molar-refractivity contribution in [2.24, 2.45) is 0 Å². The van der Waals surface area contributed by atoms with Crippen LogP contribution in [0.2, 0.25) is 0 Å². The van der Waals surface area contributed by atoms with Gasteiger partial charge in [-0.1, -0.05) is 12.1 Å². The van der Waals surface area contributed by atoms with Gasteiger partial charge in [0, 0.05) is 13.7 Å². The van der Waals surface area contributed by atoms with Crippen molar-refractivity contribution in [1.82, 2.24) is 5.32 Å². The lowest BCUT2D eigenvalue weighted by Crippen LogP contribution is -2.26. The average Bonchev–Trinajstić information content (AvgIpc) is 2.96. The average molecular weight is 329 g/mol. The predicted octanol–water partition coefficient (Wildman–Crippen LogP) is 3.22. The van der Waals surface area contributed by atoms with Crippen LogP contribution in [-0.2, 0) is 4.74 Å². The first-order chi connectivity index (χ1) is 10.9. The first-order valence-electron chi connectivity index (χ1n) is 6.63. The molecule has 1 N–H and O–H groups in total. The third-order valence-corrected chi connectivity index (χ3v) is 2.80. The van der Waals surface area contributed by atoms with Gasteiger partial charge in [0.2, 0.25) is 0 Å². The van der Waals surface area contributed by atoms with Crippen LogP contribution >= 0.6 is 0 Å². The lowest BCUT2D eigenvalue weighted by atomic mass is 10.1. The van der Waals surface area contributed by atoms with Gasteiger partial charge < -0.3 is 19.2 Å². The van der Waals surface area contributed by atoms with Gasteiger partial charge >= 0.3 is 6.36 Å². The normalized spacial score (nSPS) is 11.3. The zero-order valence-electron chi connectivity index (χ0n) is 12.1. The fourth-order valence-corrected chi connectivity index (χ4v) is 1.84. The van der Waals surface area contributed by atoms with Crippen molar-refractivity contribution in [3.8, 4) is 17.1 Å². The molecule has 8 heteroatoms. The van der Waals surface area contributed by atoms with Crippen molar-refractivity contribution in [3.63, 3.8) is 0 Å². The number of carbonyl (C=O) groups excluding carboxylic acids is 1. The minimum atomic E-state index is -4.82. The number of carbonyl (C=O) groups is 1. The molecule has 5 nitrogen and oxygen atoms in total. The highest BCUT2D eigenvalue weighted by Crippen LogP contribution is 2.34. The Labute approximate surface area is 130 Å². The van der Waals surface area contributed by atoms with E-state index in [2.05, 4.69) is 10.1 Å². The van der Waals surface area contributed by atoms with Crippen LogP contribution in [0.3, 0.4) is 0 Å². The van der Waals surface area contributed by atoms with Crippen LogP contribution in [-0.4, -0.2) is 32.5 Å². The minimum absolute atomic E-state index is 0.0158. The summed E-state index contributed by atoms with van der Waals surface area (Å²) in [4.78, 5) is 11.8. The van der Waals surface area contributed by atoms with Gasteiger partial charge in [0.1, 0.15) is 11.5 Å². The second-order valence-corrected chi connectivity index (χ2v) is 4.46. The molecule has 0 saturated heterocycles. The topological polar surface area (TPSA) is 60.7 Å². The number of benzene rings is 1. The van der Waals surface area contributed by atoms with Gasteiger partial charge in [-0.15, -0.1) is 13.2 Å². The monoisotopic (exact) mass is 329 g/mol. The standard InChI is InChI=1S/C15H14F3NO4/c1-21-9-8-19-14(20)13-7-6-11(22-13)10-4-2-3-5-12(10)23-15(16,17)18/h2-7H,8-9H2,1H3,(H,19,20). The quantitative estimate of drug-likeness (QED) is 0.827. The van der Waals surface area contributed by atoms with Gasteiger partial charge in [-0.25, -0.2) is 0 Å². The number of hydrogen-bond acceptors (Lipinski definition) is 4. The molecule has 0 spiro atoms. The number of hydrogen-bond donors (Lipinski definition) is 1. The maximum atomic E-state index is 12.4. The number of nitrogens with one attached hydrogen (secondary N) is 1. The number of amides is 1. The molecule has 0 aliphatic rings. The number of alkyl halides is 3. The minimum Gasteiger partial charge on any atom is -0.451 e. The van der Waals surface area contributed by atoms with E-state index < -0.39 is 18.0 Å². The van der Waals surface area contributed by atoms with Crippen LogP contribution in [0.5, 0.6) is 5.75 Å². The van der Waals surface area contributed by atoms with Gasteiger partial charge in [0.25, 0.3) is 5.91 Å². The van der Waals surface area contributed by atoms with E-state index in [1.165, 1.54) is 37.4 Å². The maximum absolute atomic E-state index is 12.4. The highest BCUT2D eigenvalue weighted by Gasteiger charge is 2.32.